The number of likely N-dealkylation sites (tertiary alicyclic amines) is 1. The van der Waals surface area contributed by atoms with E-state index in [2.05, 4.69) is 97.0 Å². The molecular weight excluding hydrogens is 659 g/mol. The summed E-state index contributed by atoms with van der Waals surface area (Å²) in [6.45, 7) is 9.95. The van der Waals surface area contributed by atoms with Gasteiger partial charge < -0.3 is 25.2 Å². The topological polar surface area (TPSA) is 83.1 Å². The van der Waals surface area contributed by atoms with E-state index in [0.717, 1.165) is 89.9 Å². The van der Waals surface area contributed by atoms with Gasteiger partial charge in [-0.05, 0) is 120 Å². The van der Waals surface area contributed by atoms with Crippen molar-refractivity contribution in [3.63, 3.8) is 0 Å². The number of benzene rings is 3. The van der Waals surface area contributed by atoms with Crippen LogP contribution < -0.4 is 10.6 Å². The van der Waals surface area contributed by atoms with Crippen molar-refractivity contribution in [3.8, 4) is 11.1 Å². The van der Waals surface area contributed by atoms with Crippen LogP contribution in [-0.2, 0) is 22.6 Å². The molecule has 10 rings (SSSR count). The highest BCUT2D eigenvalue weighted by molar-refractivity contribution is 5.75. The Labute approximate surface area is 316 Å². The zero-order valence-electron chi connectivity index (χ0n) is 32.0. The first-order valence-electron chi connectivity index (χ1n) is 20.5. The lowest BCUT2D eigenvalue weighted by atomic mass is 9.53. The second-order valence-electron chi connectivity index (χ2n) is 19.3. The normalized spacial score (nSPS) is 35.7. The first-order chi connectivity index (χ1) is 25.5. The van der Waals surface area contributed by atoms with Crippen LogP contribution in [0.1, 0.15) is 120 Å². The van der Waals surface area contributed by atoms with Gasteiger partial charge in [0.25, 0.3) is 0 Å². The Morgan fingerprint density at radius 2 is 1.49 bits per heavy atom. The third kappa shape index (κ3) is 7.56. The molecule has 7 fully saturated rings. The molecule has 2 amide bonds. The molecule has 7 aliphatic rings. The second kappa shape index (κ2) is 13.8. The molecule has 3 aromatic carbocycles. The van der Waals surface area contributed by atoms with Crippen LogP contribution in [-0.4, -0.2) is 46.8 Å². The van der Waals surface area contributed by atoms with Gasteiger partial charge in [0.15, 0.2) is 6.29 Å². The minimum absolute atomic E-state index is 0.0154. The van der Waals surface area contributed by atoms with Crippen molar-refractivity contribution < 1.29 is 19.4 Å². The molecule has 282 valence electrons. The lowest BCUT2D eigenvalue weighted by Crippen LogP contribution is -2.61. The summed E-state index contributed by atoms with van der Waals surface area (Å²) >= 11 is 0. The Balaban J connectivity index is 0.869. The van der Waals surface area contributed by atoms with Gasteiger partial charge in [-0.15, -0.1) is 0 Å². The number of aliphatic hydroxyl groups excluding tert-OH is 1. The van der Waals surface area contributed by atoms with Gasteiger partial charge in [-0.1, -0.05) is 87.5 Å². The SMILES string of the molecule is CC1(C)CC2CC(C)(CN2C[C@@H]2C[C@H](c3ccc(CO)cc3)O[C@H](c3ccc(-c4cccc(CNC(=O)NC56CC7CC(CC(C7)C5)C6)c4)cc3)O2)C1. The number of nitrogens with one attached hydrogen (secondary N) is 2. The summed E-state index contributed by atoms with van der Waals surface area (Å²) in [7, 11) is 0. The highest BCUT2D eigenvalue weighted by Crippen LogP contribution is 2.56. The predicted octanol–water partition coefficient (Wildman–Crippen LogP) is 9.06. The zero-order chi connectivity index (χ0) is 36.4. The maximum absolute atomic E-state index is 13.1. The second-order valence-corrected chi connectivity index (χ2v) is 19.3. The predicted molar refractivity (Wildman–Crippen MR) is 208 cm³/mol. The molecule has 7 heteroatoms. The Morgan fingerprint density at radius 3 is 2.19 bits per heavy atom. The Bertz CT molecular complexity index is 1750. The fourth-order valence-corrected chi connectivity index (χ4v) is 12.5. The lowest BCUT2D eigenvalue weighted by Gasteiger charge is -2.56. The lowest BCUT2D eigenvalue weighted by molar-refractivity contribution is -0.253. The highest BCUT2D eigenvalue weighted by atomic mass is 16.7. The maximum atomic E-state index is 13.1. The van der Waals surface area contributed by atoms with Crippen LogP contribution >= 0.6 is 0 Å². The Morgan fingerprint density at radius 1 is 0.792 bits per heavy atom. The monoisotopic (exact) mass is 717 g/mol. The van der Waals surface area contributed by atoms with Crippen molar-refractivity contribution in [3.05, 3.63) is 95.1 Å². The van der Waals surface area contributed by atoms with Gasteiger partial charge in [0, 0.05) is 43.2 Å². The maximum Gasteiger partial charge on any atom is 0.315 e. The number of carbonyl (C=O) groups is 1. The van der Waals surface area contributed by atoms with Crippen LogP contribution in [0.4, 0.5) is 4.79 Å². The van der Waals surface area contributed by atoms with Gasteiger partial charge in [-0.2, -0.15) is 0 Å². The van der Waals surface area contributed by atoms with E-state index < -0.39 is 6.29 Å². The molecule has 2 heterocycles. The van der Waals surface area contributed by atoms with E-state index >= 15 is 0 Å². The Kier molecular flexibility index (Phi) is 9.24. The van der Waals surface area contributed by atoms with E-state index in [0.29, 0.717) is 23.4 Å². The molecule has 0 aromatic heterocycles. The van der Waals surface area contributed by atoms with Gasteiger partial charge in [-0.25, -0.2) is 4.79 Å². The molecule has 5 atom stereocenters. The molecule has 3 N–H and O–H groups in total. The molecule has 5 aliphatic carbocycles. The van der Waals surface area contributed by atoms with Crippen LogP contribution in [0.2, 0.25) is 0 Å². The fraction of sp³-hybridized carbons (Fsp3) is 0.587. The summed E-state index contributed by atoms with van der Waals surface area (Å²) in [5.74, 6) is 2.42. The summed E-state index contributed by atoms with van der Waals surface area (Å²) in [6, 6.07) is 25.9. The van der Waals surface area contributed by atoms with E-state index in [4.69, 9.17) is 9.47 Å². The third-order valence-corrected chi connectivity index (χ3v) is 13.9. The van der Waals surface area contributed by atoms with Crippen molar-refractivity contribution in [1.29, 1.82) is 0 Å². The average molecular weight is 718 g/mol. The van der Waals surface area contributed by atoms with Crippen LogP contribution in [0.5, 0.6) is 0 Å². The zero-order valence-corrected chi connectivity index (χ0v) is 32.0. The number of hydrogen-bond acceptors (Lipinski definition) is 5. The molecule has 0 spiro atoms. The van der Waals surface area contributed by atoms with Gasteiger partial charge in [0.1, 0.15) is 0 Å². The van der Waals surface area contributed by atoms with E-state index in [-0.39, 0.29) is 30.4 Å². The first-order valence-corrected chi connectivity index (χ1v) is 20.5. The van der Waals surface area contributed by atoms with Crippen molar-refractivity contribution in [2.75, 3.05) is 13.1 Å². The number of aliphatic hydroxyl groups is 1. The van der Waals surface area contributed by atoms with Crippen LogP contribution in [0.15, 0.2) is 72.8 Å². The molecule has 6 bridgehead atoms. The third-order valence-electron chi connectivity index (χ3n) is 13.9. The minimum atomic E-state index is -0.470. The number of ether oxygens (including phenoxy) is 2. The average Bonchev–Trinajstić information content (AvgIpc) is 3.36. The van der Waals surface area contributed by atoms with Crippen molar-refractivity contribution in [1.82, 2.24) is 15.5 Å². The van der Waals surface area contributed by atoms with Crippen molar-refractivity contribution in [2.24, 2.45) is 28.6 Å². The summed E-state index contributed by atoms with van der Waals surface area (Å²) in [5.41, 5.74) is 7.16. The Hall–Kier alpha value is -3.23. The minimum Gasteiger partial charge on any atom is -0.392 e. The smallest absolute Gasteiger partial charge is 0.315 e. The number of fused-ring (bicyclic) bond motifs is 2. The van der Waals surface area contributed by atoms with Gasteiger partial charge in [0.05, 0.1) is 18.8 Å². The number of rotatable bonds is 9. The molecule has 2 aliphatic heterocycles. The molecule has 3 aromatic rings. The number of urea groups is 1. The van der Waals surface area contributed by atoms with E-state index in [1.54, 1.807) is 0 Å². The summed E-state index contributed by atoms with van der Waals surface area (Å²) in [4.78, 5) is 15.8. The van der Waals surface area contributed by atoms with Crippen LogP contribution in [0.25, 0.3) is 11.1 Å². The molecule has 2 saturated heterocycles. The van der Waals surface area contributed by atoms with E-state index in [1.165, 1.54) is 38.5 Å². The summed E-state index contributed by atoms with van der Waals surface area (Å²) < 4.78 is 13.5. The van der Waals surface area contributed by atoms with E-state index in [9.17, 15) is 9.90 Å². The van der Waals surface area contributed by atoms with Crippen LogP contribution in [0, 0.1) is 28.6 Å². The molecule has 0 radical (unpaired) electrons. The van der Waals surface area contributed by atoms with Crippen LogP contribution in [0.3, 0.4) is 0 Å². The van der Waals surface area contributed by atoms with E-state index in [1.807, 2.05) is 12.1 Å². The van der Waals surface area contributed by atoms with Crippen molar-refractivity contribution in [2.45, 2.75) is 128 Å². The fourth-order valence-electron chi connectivity index (χ4n) is 12.5. The number of nitrogens with zero attached hydrogens (tertiary/aromatic N) is 1. The summed E-state index contributed by atoms with van der Waals surface area (Å²) in [6.07, 6.45) is 11.7. The highest BCUT2D eigenvalue weighted by Gasteiger charge is 2.52. The van der Waals surface area contributed by atoms with Gasteiger partial charge in [-0.3, -0.25) is 4.90 Å². The molecule has 7 nitrogen and oxygen atoms in total. The molecule has 5 saturated carbocycles. The number of hydrogen-bond donors (Lipinski definition) is 3. The number of amides is 2. The molecule has 2 unspecified atom stereocenters. The van der Waals surface area contributed by atoms with Gasteiger partial charge in [0.2, 0.25) is 0 Å². The first kappa shape index (κ1) is 35.5. The number of carbonyl (C=O) groups excluding carboxylic acids is 1. The largest absolute Gasteiger partial charge is 0.392 e. The molecule has 53 heavy (non-hydrogen) atoms. The molecular formula is C46H59N3O4. The van der Waals surface area contributed by atoms with Crippen molar-refractivity contribution >= 4 is 6.03 Å². The van der Waals surface area contributed by atoms with Gasteiger partial charge >= 0.3 is 6.03 Å². The summed E-state index contributed by atoms with van der Waals surface area (Å²) in [5, 5.41) is 16.3. The quantitative estimate of drug-likeness (QED) is 0.206. The standard InChI is InChI=1S/C46H59N3O4/c1-44(2)23-39-24-45(3,28-44)29-49(39)26-40-19-41(36-9-7-30(27-50)8-10-36)53-42(52-40)37-13-11-35(12-14-37)38-6-4-5-31(18-38)25-47-43(51)48-46-20-32-15-33(21-46)17-34(16-32)22-46/h4-14,18,32-34,39-42,50H,15-17,19-29H2,1-3H3,(H2,47,48,51)/t32?,33?,34?,39?,40-,41+,42+,45?,46?/m0/s1.